The number of anilines is 2. The van der Waals surface area contributed by atoms with Crippen LogP contribution in [0.1, 0.15) is 43.5 Å². The average molecular weight is 498 g/mol. The molecule has 1 atom stereocenters. The zero-order valence-electron chi connectivity index (χ0n) is 21.4. The van der Waals surface area contributed by atoms with Crippen molar-refractivity contribution in [2.45, 2.75) is 32.2 Å². The van der Waals surface area contributed by atoms with Gasteiger partial charge < -0.3 is 14.8 Å². The highest BCUT2D eigenvalue weighted by Gasteiger charge is 2.31. The molecule has 0 spiro atoms. The van der Waals surface area contributed by atoms with E-state index in [-0.39, 0.29) is 11.9 Å². The lowest BCUT2D eigenvalue weighted by molar-refractivity contribution is 0.0152. The van der Waals surface area contributed by atoms with Crippen molar-refractivity contribution in [3.63, 3.8) is 0 Å². The van der Waals surface area contributed by atoms with Crippen molar-refractivity contribution in [1.29, 1.82) is 5.41 Å². The van der Waals surface area contributed by atoms with E-state index in [1.807, 2.05) is 36.0 Å². The molecule has 1 unspecified atom stereocenters. The van der Waals surface area contributed by atoms with Crippen LogP contribution in [0.4, 0.5) is 11.6 Å². The summed E-state index contributed by atoms with van der Waals surface area (Å²) >= 11 is 0. The third-order valence-corrected chi connectivity index (χ3v) is 7.10. The van der Waals surface area contributed by atoms with Crippen LogP contribution in [-0.4, -0.2) is 56.8 Å². The Morgan fingerprint density at radius 1 is 1.08 bits per heavy atom. The number of rotatable bonds is 5. The summed E-state index contributed by atoms with van der Waals surface area (Å²) in [5.41, 5.74) is 5.96. The number of nitrogens with one attached hydrogen (secondary N) is 2. The number of nitrogens with zero attached hydrogens (tertiary/aromatic N) is 5. The molecule has 4 heterocycles. The molecule has 190 valence electrons. The molecule has 1 saturated heterocycles. The zero-order valence-corrected chi connectivity index (χ0v) is 21.4. The van der Waals surface area contributed by atoms with Crippen molar-refractivity contribution >= 4 is 28.4 Å². The molecular weight excluding hydrogens is 466 g/mol. The molecule has 0 saturated carbocycles. The highest BCUT2D eigenvalue weighted by Crippen LogP contribution is 2.39. The van der Waals surface area contributed by atoms with Crippen LogP contribution in [0.15, 0.2) is 48.7 Å². The highest BCUT2D eigenvalue weighted by molar-refractivity contribution is 5.87. The van der Waals surface area contributed by atoms with Crippen molar-refractivity contribution in [2.75, 3.05) is 31.6 Å². The van der Waals surface area contributed by atoms with Gasteiger partial charge in [0.1, 0.15) is 5.75 Å². The minimum atomic E-state index is 0.131. The van der Waals surface area contributed by atoms with Crippen molar-refractivity contribution in [1.82, 2.24) is 24.6 Å². The normalized spacial score (nSPS) is 18.2. The average Bonchev–Trinajstić information content (AvgIpc) is 3.24. The lowest BCUT2D eigenvalue weighted by Gasteiger charge is -2.37. The summed E-state index contributed by atoms with van der Waals surface area (Å²) in [7, 11) is 1.99. The molecule has 0 radical (unpaired) electrons. The minimum Gasteiger partial charge on any atom is -0.443 e. The van der Waals surface area contributed by atoms with E-state index in [0.29, 0.717) is 24.0 Å². The van der Waals surface area contributed by atoms with Crippen LogP contribution in [0.3, 0.4) is 0 Å². The van der Waals surface area contributed by atoms with E-state index in [1.54, 1.807) is 6.20 Å². The van der Waals surface area contributed by atoms with Crippen molar-refractivity contribution < 1.29 is 9.47 Å². The van der Waals surface area contributed by atoms with E-state index in [1.165, 1.54) is 5.69 Å². The Bertz CT molecular complexity index is 1470. The Kier molecular flexibility index (Phi) is 6.10. The number of hydrogen-bond acceptors (Lipinski definition) is 8. The highest BCUT2D eigenvalue weighted by atomic mass is 16.5. The van der Waals surface area contributed by atoms with Gasteiger partial charge in [0, 0.05) is 72.8 Å². The topological polar surface area (TPSA) is 101 Å². The van der Waals surface area contributed by atoms with Crippen LogP contribution in [0.2, 0.25) is 0 Å². The number of benzene rings is 2. The molecule has 0 amide bonds. The summed E-state index contributed by atoms with van der Waals surface area (Å²) in [6.07, 6.45) is 2.34. The maximum Gasteiger partial charge on any atom is 0.227 e. The van der Waals surface area contributed by atoms with Gasteiger partial charge >= 0.3 is 0 Å². The largest absolute Gasteiger partial charge is 0.443 e. The summed E-state index contributed by atoms with van der Waals surface area (Å²) in [6, 6.07) is 14.3. The molecule has 2 aromatic heterocycles. The molecular formula is C28H31N7O2. The van der Waals surface area contributed by atoms with E-state index < -0.39 is 0 Å². The maximum absolute atomic E-state index is 8.25. The maximum atomic E-state index is 8.25. The number of morpholine rings is 1. The predicted molar refractivity (Wildman–Crippen MR) is 144 cm³/mol. The van der Waals surface area contributed by atoms with Gasteiger partial charge in [0.15, 0.2) is 5.90 Å². The first kappa shape index (κ1) is 23.6. The van der Waals surface area contributed by atoms with Crippen LogP contribution in [0, 0.1) is 5.41 Å². The van der Waals surface area contributed by atoms with E-state index in [0.717, 1.165) is 59.7 Å². The molecule has 2 aromatic carbocycles. The molecule has 1 fully saturated rings. The number of fused-ring (bicyclic) bond motifs is 2. The second kappa shape index (κ2) is 9.57. The molecule has 9 heteroatoms. The van der Waals surface area contributed by atoms with Crippen LogP contribution >= 0.6 is 0 Å². The standard InChI is InChI=1S/C28H31N7O2/c1-17(2)27-21-14-18(4-7-23(21)33-34(27)3)22-8-9-30-28(32-22)31-19-5-6-20-24(35-10-12-36-13-11-35)16-26(29)37-25(20)15-19/h4-9,14-15,17,24,29H,10-13,16H2,1-3H3,(H,30,31,32). The fourth-order valence-electron chi connectivity index (χ4n) is 5.42. The first-order valence-electron chi connectivity index (χ1n) is 12.7. The lowest BCUT2D eigenvalue weighted by Crippen LogP contribution is -2.41. The number of hydrogen-bond donors (Lipinski definition) is 2. The van der Waals surface area contributed by atoms with Gasteiger partial charge in [0.05, 0.1) is 24.4 Å². The van der Waals surface area contributed by atoms with Gasteiger partial charge in [-0.05, 0) is 30.2 Å². The summed E-state index contributed by atoms with van der Waals surface area (Å²) in [4.78, 5) is 11.6. The van der Waals surface area contributed by atoms with E-state index >= 15 is 0 Å². The summed E-state index contributed by atoms with van der Waals surface area (Å²) < 4.78 is 13.3. The van der Waals surface area contributed by atoms with Gasteiger partial charge in [-0.3, -0.25) is 15.0 Å². The summed E-state index contributed by atoms with van der Waals surface area (Å²) in [5.74, 6) is 1.86. The van der Waals surface area contributed by atoms with Gasteiger partial charge in [-0.25, -0.2) is 9.97 Å². The van der Waals surface area contributed by atoms with Crippen molar-refractivity contribution in [3.05, 3.63) is 59.9 Å². The number of aryl methyl sites for hydroxylation is 1. The van der Waals surface area contributed by atoms with Crippen molar-refractivity contribution in [2.24, 2.45) is 7.05 Å². The first-order valence-corrected chi connectivity index (χ1v) is 12.7. The van der Waals surface area contributed by atoms with Gasteiger partial charge in [-0.1, -0.05) is 26.0 Å². The Morgan fingerprint density at radius 3 is 2.73 bits per heavy atom. The van der Waals surface area contributed by atoms with Gasteiger partial charge in [0.2, 0.25) is 5.95 Å². The third-order valence-electron chi connectivity index (χ3n) is 7.10. The molecule has 6 rings (SSSR count). The van der Waals surface area contributed by atoms with Gasteiger partial charge in [-0.2, -0.15) is 5.10 Å². The zero-order chi connectivity index (χ0) is 25.5. The number of ether oxygens (including phenoxy) is 2. The smallest absolute Gasteiger partial charge is 0.227 e. The molecule has 2 aliphatic heterocycles. The second-order valence-corrected chi connectivity index (χ2v) is 9.93. The van der Waals surface area contributed by atoms with Crippen LogP contribution < -0.4 is 10.1 Å². The Morgan fingerprint density at radius 2 is 1.92 bits per heavy atom. The van der Waals surface area contributed by atoms with Gasteiger partial charge in [-0.15, -0.1) is 0 Å². The third kappa shape index (κ3) is 4.56. The Labute approximate surface area is 215 Å². The molecule has 0 bridgehead atoms. The quantitative estimate of drug-likeness (QED) is 0.399. The first-order chi connectivity index (χ1) is 18.0. The fraction of sp³-hybridized carbons (Fsp3) is 0.357. The summed E-state index contributed by atoms with van der Waals surface area (Å²) in [5, 5.41) is 17.4. The minimum absolute atomic E-state index is 0.131. The SMILES string of the molecule is CC(C)c1c2cc(-c3ccnc(Nc4ccc5c(c4)OC(=N)CC5N4CCOCC4)n3)ccc2nn1C. The summed E-state index contributed by atoms with van der Waals surface area (Å²) in [6.45, 7) is 7.54. The Hall–Kier alpha value is -3.82. The molecule has 9 nitrogen and oxygen atoms in total. The molecule has 4 aromatic rings. The van der Waals surface area contributed by atoms with Crippen LogP contribution in [0.5, 0.6) is 5.75 Å². The van der Waals surface area contributed by atoms with Gasteiger partial charge in [0.25, 0.3) is 0 Å². The second-order valence-electron chi connectivity index (χ2n) is 9.93. The molecule has 0 aliphatic carbocycles. The monoisotopic (exact) mass is 497 g/mol. The van der Waals surface area contributed by atoms with Crippen LogP contribution in [-0.2, 0) is 11.8 Å². The fourth-order valence-corrected chi connectivity index (χ4v) is 5.42. The number of aromatic nitrogens is 4. The molecule has 2 N–H and O–H groups in total. The predicted octanol–water partition coefficient (Wildman–Crippen LogP) is 5.03. The van der Waals surface area contributed by atoms with E-state index in [2.05, 4.69) is 52.3 Å². The van der Waals surface area contributed by atoms with Crippen LogP contribution in [0.25, 0.3) is 22.2 Å². The molecule has 37 heavy (non-hydrogen) atoms. The Balaban J connectivity index is 1.27. The van der Waals surface area contributed by atoms with Crippen molar-refractivity contribution in [3.8, 4) is 17.0 Å². The lowest BCUT2D eigenvalue weighted by atomic mass is 9.97. The van der Waals surface area contributed by atoms with E-state index in [4.69, 9.17) is 19.9 Å². The molecule has 2 aliphatic rings. The van der Waals surface area contributed by atoms with E-state index in [9.17, 15) is 0 Å².